The van der Waals surface area contributed by atoms with E-state index in [1.807, 2.05) is 6.92 Å². The molecule has 0 aliphatic heterocycles. The van der Waals surface area contributed by atoms with Crippen molar-refractivity contribution in [2.24, 2.45) is 0 Å². The molecule has 3 rings (SSSR count). The predicted molar refractivity (Wildman–Crippen MR) is 68.8 cm³/mol. The number of rotatable bonds is 4. The summed E-state index contributed by atoms with van der Waals surface area (Å²) in [4.78, 5) is 15.3. The molecule has 0 amide bonds. The van der Waals surface area contributed by atoms with Gasteiger partial charge in [0.15, 0.2) is 11.5 Å². The number of H-pyrrole nitrogens is 1. The van der Waals surface area contributed by atoms with Crippen LogP contribution in [0.4, 0.5) is 5.82 Å². The van der Waals surface area contributed by atoms with Crippen molar-refractivity contribution in [3.8, 4) is 0 Å². The molecule has 0 aromatic carbocycles. The zero-order valence-corrected chi connectivity index (χ0v) is 10.7. The van der Waals surface area contributed by atoms with E-state index in [4.69, 9.17) is 16.3 Å². The molecule has 2 aromatic rings. The summed E-state index contributed by atoms with van der Waals surface area (Å²) < 4.78 is 5.52. The van der Waals surface area contributed by atoms with Crippen LogP contribution in [0, 0.1) is 0 Å². The van der Waals surface area contributed by atoms with E-state index in [2.05, 4.69) is 25.3 Å². The van der Waals surface area contributed by atoms with Crippen LogP contribution in [0.15, 0.2) is 6.33 Å². The van der Waals surface area contributed by atoms with E-state index in [1.54, 1.807) is 6.33 Å². The van der Waals surface area contributed by atoms with Crippen LogP contribution in [0.1, 0.15) is 19.8 Å². The van der Waals surface area contributed by atoms with Gasteiger partial charge in [0.05, 0.1) is 12.4 Å². The number of imidazole rings is 1. The minimum absolute atomic E-state index is 0.206. The molecule has 0 saturated heterocycles. The first-order valence-electron chi connectivity index (χ1n) is 6.01. The second-order valence-corrected chi connectivity index (χ2v) is 4.67. The maximum Gasteiger partial charge on any atom is 0.226 e. The highest BCUT2D eigenvalue weighted by molar-refractivity contribution is 6.28. The zero-order valence-electron chi connectivity index (χ0n) is 9.98. The number of nitrogens with one attached hydrogen (secondary N) is 2. The monoisotopic (exact) mass is 267 g/mol. The van der Waals surface area contributed by atoms with Crippen LogP contribution >= 0.6 is 11.6 Å². The van der Waals surface area contributed by atoms with Gasteiger partial charge in [-0.15, -0.1) is 0 Å². The van der Waals surface area contributed by atoms with E-state index >= 15 is 0 Å². The largest absolute Gasteiger partial charge is 0.378 e. The van der Waals surface area contributed by atoms with Gasteiger partial charge in [0.2, 0.25) is 5.28 Å². The van der Waals surface area contributed by atoms with E-state index in [1.165, 1.54) is 0 Å². The molecular weight excluding hydrogens is 254 g/mol. The van der Waals surface area contributed by atoms with Crippen LogP contribution in [0.3, 0.4) is 0 Å². The minimum Gasteiger partial charge on any atom is -0.378 e. The normalized spacial score (nSPS) is 23.0. The number of hydrogen-bond donors (Lipinski definition) is 2. The Kier molecular flexibility index (Phi) is 3.05. The number of aromatic nitrogens is 4. The fourth-order valence-electron chi connectivity index (χ4n) is 2.16. The highest BCUT2D eigenvalue weighted by atomic mass is 35.5. The molecule has 1 aliphatic carbocycles. The Morgan fingerprint density at radius 2 is 2.33 bits per heavy atom. The third kappa shape index (κ3) is 2.13. The highest BCUT2D eigenvalue weighted by Gasteiger charge is 2.30. The first-order valence-corrected chi connectivity index (χ1v) is 6.39. The fraction of sp³-hybridized carbons (Fsp3) is 0.545. The molecule has 0 spiro atoms. The average Bonchev–Trinajstić information content (AvgIpc) is 2.74. The lowest BCUT2D eigenvalue weighted by molar-refractivity contribution is 0.00295. The van der Waals surface area contributed by atoms with Crippen LogP contribution in [0.25, 0.3) is 11.2 Å². The first-order chi connectivity index (χ1) is 8.76. The van der Waals surface area contributed by atoms with Crippen molar-refractivity contribution >= 4 is 28.6 Å². The lowest BCUT2D eigenvalue weighted by atomic mass is 9.89. The summed E-state index contributed by atoms with van der Waals surface area (Å²) in [7, 11) is 0. The van der Waals surface area contributed by atoms with Gasteiger partial charge >= 0.3 is 0 Å². The molecule has 0 radical (unpaired) electrons. The molecule has 2 N–H and O–H groups in total. The minimum atomic E-state index is 0.206. The third-order valence-corrected chi connectivity index (χ3v) is 3.27. The lowest BCUT2D eigenvalue weighted by Crippen LogP contribution is -2.41. The van der Waals surface area contributed by atoms with Crippen molar-refractivity contribution in [2.75, 3.05) is 11.9 Å². The number of anilines is 1. The maximum atomic E-state index is 5.86. The van der Waals surface area contributed by atoms with Crippen molar-refractivity contribution < 1.29 is 4.74 Å². The highest BCUT2D eigenvalue weighted by Crippen LogP contribution is 2.28. The summed E-state index contributed by atoms with van der Waals surface area (Å²) in [6.07, 6.45) is 3.93. The molecule has 0 unspecified atom stereocenters. The molecule has 0 bridgehead atoms. The van der Waals surface area contributed by atoms with Crippen molar-refractivity contribution in [1.29, 1.82) is 0 Å². The number of nitrogens with zero attached hydrogens (tertiary/aromatic N) is 3. The number of fused-ring (bicyclic) bond motifs is 1. The Bertz CT molecular complexity index is 551. The lowest BCUT2D eigenvalue weighted by Gasteiger charge is -2.35. The Morgan fingerprint density at radius 3 is 3.11 bits per heavy atom. The van der Waals surface area contributed by atoms with E-state index in [-0.39, 0.29) is 5.28 Å². The quantitative estimate of drug-likeness (QED) is 0.829. The number of halogens is 1. The predicted octanol–water partition coefficient (Wildman–Crippen LogP) is 1.99. The topological polar surface area (TPSA) is 75.7 Å². The Balaban J connectivity index is 1.73. The fourth-order valence-corrected chi connectivity index (χ4v) is 2.32. The molecule has 96 valence electrons. The first kappa shape index (κ1) is 11.7. The summed E-state index contributed by atoms with van der Waals surface area (Å²) in [5, 5.41) is 3.56. The van der Waals surface area contributed by atoms with Crippen LogP contribution < -0.4 is 5.32 Å². The van der Waals surface area contributed by atoms with Crippen molar-refractivity contribution in [2.45, 2.75) is 31.9 Å². The molecule has 0 atom stereocenters. The van der Waals surface area contributed by atoms with Gasteiger partial charge in [0.25, 0.3) is 0 Å². The molecule has 6 nitrogen and oxygen atoms in total. The van der Waals surface area contributed by atoms with Gasteiger partial charge in [-0.3, -0.25) is 0 Å². The van der Waals surface area contributed by atoms with E-state index in [9.17, 15) is 0 Å². The van der Waals surface area contributed by atoms with Crippen molar-refractivity contribution in [1.82, 2.24) is 19.9 Å². The van der Waals surface area contributed by atoms with Gasteiger partial charge in [0, 0.05) is 12.6 Å². The Morgan fingerprint density at radius 1 is 1.50 bits per heavy atom. The molecule has 1 aliphatic rings. The number of ether oxygens (including phenoxy) is 1. The Hall–Kier alpha value is -1.40. The van der Waals surface area contributed by atoms with E-state index < -0.39 is 0 Å². The number of hydrogen-bond acceptors (Lipinski definition) is 5. The molecule has 1 saturated carbocycles. The summed E-state index contributed by atoms with van der Waals surface area (Å²) in [5.41, 5.74) is 1.37. The third-order valence-electron chi connectivity index (χ3n) is 3.10. The summed E-state index contributed by atoms with van der Waals surface area (Å²) in [6.45, 7) is 2.78. The second-order valence-electron chi connectivity index (χ2n) is 4.33. The van der Waals surface area contributed by atoms with Gasteiger partial charge in [-0.1, -0.05) is 0 Å². The molecule has 18 heavy (non-hydrogen) atoms. The molecule has 7 heteroatoms. The SMILES string of the molecule is CCOC1CC(Nc2nc(Cl)nc3nc[nH]c23)C1. The molecule has 2 heterocycles. The smallest absolute Gasteiger partial charge is 0.226 e. The average molecular weight is 268 g/mol. The molecule has 2 aromatic heterocycles. The van der Waals surface area contributed by atoms with E-state index in [0.29, 0.717) is 23.6 Å². The van der Waals surface area contributed by atoms with Gasteiger partial charge < -0.3 is 15.0 Å². The zero-order chi connectivity index (χ0) is 12.5. The number of aromatic amines is 1. The summed E-state index contributed by atoms with van der Waals surface area (Å²) in [5.74, 6) is 0.711. The maximum absolute atomic E-state index is 5.86. The van der Waals surface area contributed by atoms with Crippen LogP contribution in [-0.2, 0) is 4.74 Å². The van der Waals surface area contributed by atoms with Gasteiger partial charge in [-0.2, -0.15) is 9.97 Å². The standard InChI is InChI=1S/C11H14ClN5O/c1-2-18-7-3-6(4-7)15-10-8-9(14-5-13-8)16-11(12)17-10/h5-7H,2-4H2,1H3,(H2,13,14,15,16,17). The van der Waals surface area contributed by atoms with Crippen LogP contribution in [0.5, 0.6) is 0 Å². The van der Waals surface area contributed by atoms with Gasteiger partial charge in [-0.05, 0) is 31.4 Å². The summed E-state index contributed by atoms with van der Waals surface area (Å²) in [6, 6.07) is 0.374. The van der Waals surface area contributed by atoms with Crippen LogP contribution in [0.2, 0.25) is 5.28 Å². The Labute approximate surface area is 109 Å². The van der Waals surface area contributed by atoms with Crippen LogP contribution in [-0.4, -0.2) is 38.7 Å². The van der Waals surface area contributed by atoms with Crippen molar-refractivity contribution in [3.63, 3.8) is 0 Å². The van der Waals surface area contributed by atoms with Gasteiger partial charge in [-0.25, -0.2) is 4.98 Å². The van der Waals surface area contributed by atoms with Crippen molar-refractivity contribution in [3.05, 3.63) is 11.6 Å². The van der Waals surface area contributed by atoms with E-state index in [0.717, 1.165) is 25.0 Å². The van der Waals surface area contributed by atoms with Gasteiger partial charge in [0.1, 0.15) is 5.52 Å². The second kappa shape index (κ2) is 4.70. The molecular formula is C11H14ClN5O. The molecule has 1 fully saturated rings. The summed E-state index contributed by atoms with van der Waals surface area (Å²) >= 11 is 5.86.